The highest BCUT2D eigenvalue weighted by molar-refractivity contribution is 4.99. The van der Waals surface area contributed by atoms with Gasteiger partial charge in [-0.3, -0.25) is 4.90 Å². The molecule has 17 heavy (non-hydrogen) atoms. The van der Waals surface area contributed by atoms with Crippen LogP contribution >= 0.6 is 0 Å². The van der Waals surface area contributed by atoms with Gasteiger partial charge < -0.3 is 5.32 Å². The third-order valence-corrected chi connectivity index (χ3v) is 4.84. The average Bonchev–Trinajstić information content (AvgIpc) is 3.18. The Labute approximate surface area is 106 Å². The van der Waals surface area contributed by atoms with Gasteiger partial charge in [-0.2, -0.15) is 0 Å². The molecule has 0 bridgehead atoms. The summed E-state index contributed by atoms with van der Waals surface area (Å²) in [5, 5.41) is 3.83. The number of hydrogen-bond donors (Lipinski definition) is 1. The van der Waals surface area contributed by atoms with Crippen LogP contribution in [0.2, 0.25) is 0 Å². The Bertz CT molecular complexity index is 256. The fourth-order valence-electron chi connectivity index (χ4n) is 3.30. The molecule has 1 aliphatic heterocycles. The minimum Gasteiger partial charge on any atom is -0.311 e. The second-order valence-corrected chi connectivity index (χ2v) is 6.93. The second kappa shape index (κ2) is 4.89. The Morgan fingerprint density at radius 2 is 1.82 bits per heavy atom. The third-order valence-electron chi connectivity index (χ3n) is 4.84. The molecule has 2 unspecified atom stereocenters. The first-order valence-corrected chi connectivity index (χ1v) is 7.71. The van der Waals surface area contributed by atoms with Crippen molar-refractivity contribution in [1.29, 1.82) is 0 Å². The molecule has 3 aliphatic rings. The Balaban J connectivity index is 1.56. The van der Waals surface area contributed by atoms with Gasteiger partial charge in [0.15, 0.2) is 0 Å². The SMILES string of the molecule is CC(C)CCN1CC(C2CC2)NCC1C1CC1. The van der Waals surface area contributed by atoms with Gasteiger partial charge in [0.2, 0.25) is 0 Å². The Morgan fingerprint density at radius 3 is 2.41 bits per heavy atom. The summed E-state index contributed by atoms with van der Waals surface area (Å²) < 4.78 is 0. The lowest BCUT2D eigenvalue weighted by Crippen LogP contribution is -2.58. The van der Waals surface area contributed by atoms with Gasteiger partial charge in [-0.1, -0.05) is 13.8 Å². The maximum absolute atomic E-state index is 3.83. The van der Waals surface area contributed by atoms with Gasteiger partial charge >= 0.3 is 0 Å². The van der Waals surface area contributed by atoms with Crippen molar-refractivity contribution in [2.45, 2.75) is 58.0 Å². The summed E-state index contributed by atoms with van der Waals surface area (Å²) in [6.07, 6.45) is 7.30. The summed E-state index contributed by atoms with van der Waals surface area (Å²) in [7, 11) is 0. The molecule has 1 heterocycles. The van der Waals surface area contributed by atoms with Gasteiger partial charge in [0.05, 0.1) is 0 Å². The fourth-order valence-corrected chi connectivity index (χ4v) is 3.30. The van der Waals surface area contributed by atoms with Crippen LogP contribution in [0.3, 0.4) is 0 Å². The number of rotatable bonds is 5. The highest BCUT2D eigenvalue weighted by Crippen LogP contribution is 2.39. The van der Waals surface area contributed by atoms with Gasteiger partial charge in [-0.25, -0.2) is 0 Å². The number of hydrogen-bond acceptors (Lipinski definition) is 2. The molecule has 3 rings (SSSR count). The topological polar surface area (TPSA) is 15.3 Å². The van der Waals surface area contributed by atoms with E-state index < -0.39 is 0 Å². The first-order chi connectivity index (χ1) is 8.24. The van der Waals surface area contributed by atoms with E-state index in [9.17, 15) is 0 Å². The van der Waals surface area contributed by atoms with Crippen LogP contribution in [0.25, 0.3) is 0 Å². The van der Waals surface area contributed by atoms with E-state index in [1.165, 1.54) is 51.7 Å². The van der Waals surface area contributed by atoms with Gasteiger partial charge in [0, 0.05) is 25.2 Å². The molecule has 1 N–H and O–H groups in total. The smallest absolute Gasteiger partial charge is 0.0249 e. The van der Waals surface area contributed by atoms with E-state index in [1.54, 1.807) is 0 Å². The first-order valence-electron chi connectivity index (χ1n) is 7.71. The van der Waals surface area contributed by atoms with Gasteiger partial charge in [-0.15, -0.1) is 0 Å². The van der Waals surface area contributed by atoms with E-state index in [2.05, 4.69) is 24.1 Å². The quantitative estimate of drug-likeness (QED) is 0.789. The van der Waals surface area contributed by atoms with Crippen LogP contribution in [0.5, 0.6) is 0 Å². The fraction of sp³-hybridized carbons (Fsp3) is 1.00. The lowest BCUT2D eigenvalue weighted by atomic mass is 10.0. The second-order valence-electron chi connectivity index (χ2n) is 6.93. The molecule has 2 aliphatic carbocycles. The summed E-state index contributed by atoms with van der Waals surface area (Å²) in [5.41, 5.74) is 0. The van der Waals surface area contributed by atoms with Crippen molar-refractivity contribution in [3.8, 4) is 0 Å². The summed E-state index contributed by atoms with van der Waals surface area (Å²) >= 11 is 0. The molecule has 2 nitrogen and oxygen atoms in total. The molecule has 0 aromatic rings. The normalized spacial score (nSPS) is 35.5. The molecule has 0 aromatic heterocycles. The maximum Gasteiger partial charge on any atom is 0.0249 e. The van der Waals surface area contributed by atoms with Crippen molar-refractivity contribution in [3.63, 3.8) is 0 Å². The Kier molecular flexibility index (Phi) is 3.45. The monoisotopic (exact) mass is 236 g/mol. The molecule has 0 aromatic carbocycles. The van der Waals surface area contributed by atoms with E-state index in [-0.39, 0.29) is 0 Å². The zero-order valence-electron chi connectivity index (χ0n) is 11.5. The van der Waals surface area contributed by atoms with Crippen LogP contribution in [0.1, 0.15) is 46.0 Å². The average molecular weight is 236 g/mol. The lowest BCUT2D eigenvalue weighted by Gasteiger charge is -2.41. The predicted molar refractivity (Wildman–Crippen MR) is 72.1 cm³/mol. The van der Waals surface area contributed by atoms with Gasteiger partial charge in [0.1, 0.15) is 0 Å². The van der Waals surface area contributed by atoms with Crippen molar-refractivity contribution in [1.82, 2.24) is 10.2 Å². The van der Waals surface area contributed by atoms with Crippen LogP contribution in [0.4, 0.5) is 0 Å². The van der Waals surface area contributed by atoms with Crippen molar-refractivity contribution in [2.75, 3.05) is 19.6 Å². The summed E-state index contributed by atoms with van der Waals surface area (Å²) in [6, 6.07) is 1.68. The van der Waals surface area contributed by atoms with Crippen molar-refractivity contribution >= 4 is 0 Å². The molecule has 0 spiro atoms. The molecule has 1 saturated heterocycles. The van der Waals surface area contributed by atoms with E-state index in [0.717, 1.165) is 29.8 Å². The van der Waals surface area contributed by atoms with Crippen molar-refractivity contribution in [3.05, 3.63) is 0 Å². The van der Waals surface area contributed by atoms with Crippen LogP contribution in [-0.4, -0.2) is 36.6 Å². The van der Waals surface area contributed by atoms with Crippen LogP contribution < -0.4 is 5.32 Å². The van der Waals surface area contributed by atoms with Crippen LogP contribution in [0.15, 0.2) is 0 Å². The van der Waals surface area contributed by atoms with Gasteiger partial charge in [-0.05, 0) is 56.4 Å². The Morgan fingerprint density at radius 1 is 1.12 bits per heavy atom. The van der Waals surface area contributed by atoms with Crippen LogP contribution in [0, 0.1) is 17.8 Å². The number of piperazine rings is 1. The minimum absolute atomic E-state index is 0.817. The molecule has 0 amide bonds. The van der Waals surface area contributed by atoms with Crippen LogP contribution in [-0.2, 0) is 0 Å². The highest BCUT2D eigenvalue weighted by atomic mass is 15.2. The van der Waals surface area contributed by atoms with E-state index in [0.29, 0.717) is 0 Å². The molecule has 98 valence electrons. The first kappa shape index (κ1) is 12.0. The van der Waals surface area contributed by atoms with E-state index >= 15 is 0 Å². The lowest BCUT2D eigenvalue weighted by molar-refractivity contribution is 0.102. The highest BCUT2D eigenvalue weighted by Gasteiger charge is 2.42. The largest absolute Gasteiger partial charge is 0.311 e. The zero-order chi connectivity index (χ0) is 11.8. The molecule has 3 fully saturated rings. The molecule has 2 atom stereocenters. The zero-order valence-corrected chi connectivity index (χ0v) is 11.5. The molecule has 2 saturated carbocycles. The molecule has 2 heteroatoms. The number of nitrogens with one attached hydrogen (secondary N) is 1. The van der Waals surface area contributed by atoms with Gasteiger partial charge in [0.25, 0.3) is 0 Å². The summed E-state index contributed by atoms with van der Waals surface area (Å²) in [6.45, 7) is 8.64. The molecular formula is C15H28N2. The standard InChI is InChI=1S/C15H28N2/c1-11(2)7-8-17-10-14(12-3-4-12)16-9-15(17)13-5-6-13/h11-16H,3-10H2,1-2H3. The van der Waals surface area contributed by atoms with E-state index in [4.69, 9.17) is 0 Å². The minimum atomic E-state index is 0.817. The predicted octanol–water partition coefficient (Wildman–Crippen LogP) is 2.49. The van der Waals surface area contributed by atoms with Crippen molar-refractivity contribution < 1.29 is 0 Å². The molecule has 0 radical (unpaired) electrons. The maximum atomic E-state index is 3.83. The third kappa shape index (κ3) is 3.03. The molecular weight excluding hydrogens is 208 g/mol. The van der Waals surface area contributed by atoms with Crippen molar-refractivity contribution in [2.24, 2.45) is 17.8 Å². The Hall–Kier alpha value is -0.0800. The summed E-state index contributed by atoms with van der Waals surface area (Å²) in [5.74, 6) is 2.88. The van der Waals surface area contributed by atoms with E-state index in [1.807, 2.05) is 0 Å². The number of nitrogens with zero attached hydrogens (tertiary/aromatic N) is 1. The summed E-state index contributed by atoms with van der Waals surface area (Å²) in [4.78, 5) is 2.83.